The molecule has 5 rings (SSSR count). The number of aryl methyl sites for hydroxylation is 1. The molecule has 3 heterocycles. The molecule has 0 spiro atoms. The maximum Gasteiger partial charge on any atom is 0.308 e. The standard InChI is InChI=1S/C33H45N3O7/c1-5-6-15-34(16-8-17-36(2,3)4)30(37)20-35-19-25(24-12-14-27-29(18-24)42-21-40-27)31(33(38)39)26(35)13-11-23-9-7-10-28-32(23)43-22-41-28/h7,9-10,12,14,18,25-26,31H,5-6,8,11,13,15-17,19-22H2,1-4H3/p+1. The van der Waals surface area contributed by atoms with Gasteiger partial charge in [-0.05, 0) is 48.6 Å². The summed E-state index contributed by atoms with van der Waals surface area (Å²) in [5.41, 5.74) is 1.88. The Morgan fingerprint density at radius 3 is 2.49 bits per heavy atom. The van der Waals surface area contributed by atoms with Crippen LogP contribution in [0.2, 0.25) is 0 Å². The number of para-hydroxylation sites is 1. The molecule has 1 amide bonds. The molecule has 0 saturated carbocycles. The van der Waals surface area contributed by atoms with Crippen LogP contribution in [0.1, 0.15) is 49.7 Å². The number of carbonyl (C=O) groups excluding carboxylic acids is 1. The highest BCUT2D eigenvalue weighted by atomic mass is 16.7. The largest absolute Gasteiger partial charge is 0.481 e. The summed E-state index contributed by atoms with van der Waals surface area (Å²) in [6.45, 7) is 5.53. The molecule has 3 aliphatic heterocycles. The molecule has 0 bridgehead atoms. The predicted octanol–water partition coefficient (Wildman–Crippen LogP) is 3.97. The number of aliphatic carboxylic acids is 1. The number of fused-ring (bicyclic) bond motifs is 2. The smallest absolute Gasteiger partial charge is 0.308 e. The fourth-order valence-electron chi connectivity index (χ4n) is 6.54. The van der Waals surface area contributed by atoms with E-state index in [1.54, 1.807) is 0 Å². The lowest BCUT2D eigenvalue weighted by Crippen LogP contribution is -2.45. The maximum absolute atomic E-state index is 13.9. The van der Waals surface area contributed by atoms with Crippen molar-refractivity contribution in [2.45, 2.75) is 51.0 Å². The summed E-state index contributed by atoms with van der Waals surface area (Å²) in [4.78, 5) is 30.9. The van der Waals surface area contributed by atoms with Crippen molar-refractivity contribution in [2.24, 2.45) is 5.92 Å². The third kappa shape index (κ3) is 7.36. The molecule has 3 atom stereocenters. The molecule has 2 aromatic carbocycles. The van der Waals surface area contributed by atoms with E-state index in [-0.39, 0.29) is 38.0 Å². The van der Waals surface area contributed by atoms with Crippen molar-refractivity contribution in [3.05, 3.63) is 47.5 Å². The summed E-state index contributed by atoms with van der Waals surface area (Å²) in [5.74, 6) is 0.955. The zero-order valence-corrected chi connectivity index (χ0v) is 25.9. The number of amides is 1. The molecule has 0 aliphatic carbocycles. The van der Waals surface area contributed by atoms with Crippen molar-refractivity contribution in [2.75, 3.05) is 67.5 Å². The zero-order chi connectivity index (χ0) is 30.6. The fourth-order valence-corrected chi connectivity index (χ4v) is 6.54. The lowest BCUT2D eigenvalue weighted by molar-refractivity contribution is -0.870. The van der Waals surface area contributed by atoms with Gasteiger partial charge < -0.3 is 33.4 Å². The molecule has 1 N–H and O–H groups in total. The van der Waals surface area contributed by atoms with E-state index in [4.69, 9.17) is 18.9 Å². The normalized spacial score (nSPS) is 20.9. The summed E-state index contributed by atoms with van der Waals surface area (Å²) < 4.78 is 23.3. The van der Waals surface area contributed by atoms with E-state index in [1.165, 1.54) is 0 Å². The minimum atomic E-state index is -0.855. The van der Waals surface area contributed by atoms with Gasteiger partial charge in [0.25, 0.3) is 0 Å². The lowest BCUT2D eigenvalue weighted by Gasteiger charge is -2.31. The molecular weight excluding hydrogens is 550 g/mol. The van der Waals surface area contributed by atoms with Gasteiger partial charge in [0.15, 0.2) is 23.0 Å². The Hall–Kier alpha value is -3.50. The Labute approximate surface area is 254 Å². The van der Waals surface area contributed by atoms with Crippen LogP contribution in [0.15, 0.2) is 36.4 Å². The van der Waals surface area contributed by atoms with Crippen molar-refractivity contribution >= 4 is 11.9 Å². The van der Waals surface area contributed by atoms with Crippen molar-refractivity contribution in [1.29, 1.82) is 0 Å². The van der Waals surface area contributed by atoms with Crippen LogP contribution in [0.5, 0.6) is 23.0 Å². The van der Waals surface area contributed by atoms with Crippen LogP contribution in [0.25, 0.3) is 0 Å². The van der Waals surface area contributed by atoms with Gasteiger partial charge in [-0.3, -0.25) is 14.5 Å². The van der Waals surface area contributed by atoms with Gasteiger partial charge in [0.1, 0.15) is 0 Å². The first kappa shape index (κ1) is 30.9. The molecule has 234 valence electrons. The summed E-state index contributed by atoms with van der Waals surface area (Å²) in [6, 6.07) is 11.2. The second kappa shape index (κ2) is 13.4. The maximum atomic E-state index is 13.9. The van der Waals surface area contributed by atoms with Crippen molar-refractivity contribution in [1.82, 2.24) is 9.80 Å². The van der Waals surface area contributed by atoms with E-state index >= 15 is 0 Å². The van der Waals surface area contributed by atoms with Crippen LogP contribution in [-0.4, -0.2) is 105 Å². The predicted molar refractivity (Wildman–Crippen MR) is 162 cm³/mol. The van der Waals surface area contributed by atoms with E-state index in [0.29, 0.717) is 49.7 Å². The number of benzene rings is 2. The van der Waals surface area contributed by atoms with E-state index < -0.39 is 11.9 Å². The molecule has 1 saturated heterocycles. The molecular formula is C33H46N3O7+. The topological polar surface area (TPSA) is 97.8 Å². The fraction of sp³-hybridized carbons (Fsp3) is 0.576. The quantitative estimate of drug-likeness (QED) is 0.328. The number of hydrogen-bond donors (Lipinski definition) is 1. The van der Waals surface area contributed by atoms with E-state index in [9.17, 15) is 14.7 Å². The number of unbranched alkanes of at least 4 members (excludes halogenated alkanes) is 1. The molecule has 0 radical (unpaired) electrons. The minimum Gasteiger partial charge on any atom is -0.481 e. The number of ether oxygens (including phenoxy) is 4. The van der Waals surface area contributed by atoms with Gasteiger partial charge in [-0.2, -0.15) is 0 Å². The lowest BCUT2D eigenvalue weighted by atomic mass is 9.83. The first-order valence-corrected chi connectivity index (χ1v) is 15.5. The van der Waals surface area contributed by atoms with Gasteiger partial charge in [-0.25, -0.2) is 0 Å². The van der Waals surface area contributed by atoms with Crippen LogP contribution in [0.3, 0.4) is 0 Å². The van der Waals surface area contributed by atoms with Crippen LogP contribution >= 0.6 is 0 Å². The van der Waals surface area contributed by atoms with Gasteiger partial charge in [-0.15, -0.1) is 0 Å². The molecule has 3 aliphatic rings. The molecule has 43 heavy (non-hydrogen) atoms. The highest BCUT2D eigenvalue weighted by molar-refractivity contribution is 5.79. The number of carbonyl (C=O) groups is 2. The molecule has 1 fully saturated rings. The van der Waals surface area contributed by atoms with Crippen LogP contribution in [-0.2, 0) is 16.0 Å². The Morgan fingerprint density at radius 2 is 1.72 bits per heavy atom. The number of carboxylic acids is 1. The first-order valence-electron chi connectivity index (χ1n) is 15.5. The van der Waals surface area contributed by atoms with Crippen molar-refractivity contribution in [3.8, 4) is 23.0 Å². The average molecular weight is 597 g/mol. The zero-order valence-electron chi connectivity index (χ0n) is 25.9. The molecule has 3 unspecified atom stereocenters. The summed E-state index contributed by atoms with van der Waals surface area (Å²) in [6.07, 6.45) is 4.05. The Morgan fingerprint density at radius 1 is 0.977 bits per heavy atom. The summed E-state index contributed by atoms with van der Waals surface area (Å²) in [7, 11) is 6.48. The number of likely N-dealkylation sites (tertiary alicyclic amines) is 1. The van der Waals surface area contributed by atoms with Gasteiger partial charge in [0, 0.05) is 38.0 Å². The van der Waals surface area contributed by atoms with Gasteiger partial charge in [0.05, 0.1) is 40.2 Å². The Balaban J connectivity index is 1.39. The monoisotopic (exact) mass is 596 g/mol. The average Bonchev–Trinajstić information content (AvgIpc) is 3.71. The van der Waals surface area contributed by atoms with Gasteiger partial charge in [0.2, 0.25) is 19.5 Å². The Bertz CT molecular complexity index is 1290. The van der Waals surface area contributed by atoms with E-state index in [1.807, 2.05) is 41.3 Å². The second-order valence-electron chi connectivity index (χ2n) is 12.9. The second-order valence-corrected chi connectivity index (χ2v) is 12.9. The molecule has 10 nitrogen and oxygen atoms in total. The number of hydrogen-bond acceptors (Lipinski definition) is 7. The van der Waals surface area contributed by atoms with Crippen molar-refractivity contribution in [3.63, 3.8) is 0 Å². The van der Waals surface area contributed by atoms with Crippen LogP contribution in [0, 0.1) is 5.92 Å². The van der Waals surface area contributed by atoms with Crippen LogP contribution < -0.4 is 18.9 Å². The number of nitrogens with zero attached hydrogens (tertiary/aromatic N) is 3. The number of quaternary nitrogens is 1. The minimum absolute atomic E-state index is 0.0627. The third-order valence-electron chi connectivity index (χ3n) is 8.78. The number of carboxylic acid groups (broad SMARTS) is 1. The summed E-state index contributed by atoms with van der Waals surface area (Å²) in [5, 5.41) is 10.6. The number of rotatable bonds is 14. The summed E-state index contributed by atoms with van der Waals surface area (Å²) >= 11 is 0. The third-order valence-corrected chi connectivity index (χ3v) is 8.78. The molecule has 2 aromatic rings. The van der Waals surface area contributed by atoms with E-state index in [0.717, 1.165) is 47.2 Å². The van der Waals surface area contributed by atoms with Crippen molar-refractivity contribution < 1.29 is 38.1 Å². The van der Waals surface area contributed by atoms with Gasteiger partial charge >= 0.3 is 5.97 Å². The van der Waals surface area contributed by atoms with E-state index in [2.05, 4.69) is 33.0 Å². The first-order chi connectivity index (χ1) is 20.6. The molecule has 0 aromatic heterocycles. The van der Waals surface area contributed by atoms with Crippen LogP contribution in [0.4, 0.5) is 0 Å². The molecule has 10 heteroatoms. The highest BCUT2D eigenvalue weighted by Crippen LogP contribution is 2.44. The van der Waals surface area contributed by atoms with Gasteiger partial charge in [-0.1, -0.05) is 31.5 Å². The Kier molecular flexibility index (Phi) is 9.66. The SMILES string of the molecule is CCCCN(CCC[N+](C)(C)C)C(=O)CN1CC(c2ccc3c(c2)OCO3)C(C(=O)O)C1CCc1cccc2c1OCO2. The highest BCUT2D eigenvalue weighted by Gasteiger charge is 2.47.